The van der Waals surface area contributed by atoms with E-state index in [9.17, 15) is 4.55 Å². The van der Waals surface area contributed by atoms with Gasteiger partial charge >= 0.3 is 0 Å². The van der Waals surface area contributed by atoms with Gasteiger partial charge in [-0.15, -0.1) is 4.31 Å². The van der Waals surface area contributed by atoms with Crippen molar-refractivity contribution in [3.8, 4) is 0 Å². The molecule has 12 heteroatoms. The standard InChI is InChI=1S/C21H29N9O2S/c1-4-32-19-17(15-9-22-23-10-15)5-8-30-20(19)26-21(27-30)25-18-6-7-29(12-14(18)2)33(31)16-11-24-28(3)13-16/h5,8-11,13-14,18,21,25,27H,4,6-7,12H2,1-3H3,(H,22,23). The van der Waals surface area contributed by atoms with Crippen molar-refractivity contribution in [2.45, 2.75) is 37.5 Å². The summed E-state index contributed by atoms with van der Waals surface area (Å²) in [6.07, 6.45) is 11.7. The Morgan fingerprint density at radius 3 is 2.94 bits per heavy atom. The van der Waals surface area contributed by atoms with Gasteiger partial charge in [0.2, 0.25) is 4.90 Å². The molecule has 1 saturated heterocycles. The summed E-state index contributed by atoms with van der Waals surface area (Å²) < 4.78 is 22.6. The van der Waals surface area contributed by atoms with Crippen LogP contribution >= 0.6 is 0 Å². The quantitative estimate of drug-likeness (QED) is 0.510. The van der Waals surface area contributed by atoms with E-state index in [0.717, 1.165) is 47.1 Å². The van der Waals surface area contributed by atoms with E-state index in [1.165, 1.54) is 0 Å². The minimum Gasteiger partial charge on any atom is -0.593 e. The number of aliphatic imine (C=N–C) groups is 1. The van der Waals surface area contributed by atoms with E-state index in [1.54, 1.807) is 17.1 Å². The van der Waals surface area contributed by atoms with Gasteiger partial charge in [-0.2, -0.15) is 15.6 Å². The summed E-state index contributed by atoms with van der Waals surface area (Å²) in [6, 6.07) is 0.243. The molecule has 11 nitrogen and oxygen atoms in total. The highest BCUT2D eigenvalue weighted by Crippen LogP contribution is 2.29. The van der Waals surface area contributed by atoms with E-state index in [2.05, 4.69) is 33.0 Å². The molecule has 4 unspecified atom stereocenters. The van der Waals surface area contributed by atoms with E-state index < -0.39 is 11.4 Å². The monoisotopic (exact) mass is 471 g/mol. The van der Waals surface area contributed by atoms with E-state index in [4.69, 9.17) is 9.73 Å². The number of aromatic nitrogens is 4. The SMILES string of the molecule is CCOC1=C(c2cn[nH]c2)C=CN2NC(NC3CCN([S+]([O-])c4cnn(C)c4)CC3C)N=C12. The van der Waals surface area contributed by atoms with Crippen LogP contribution in [0.4, 0.5) is 0 Å². The Kier molecular flexibility index (Phi) is 6.25. The van der Waals surface area contributed by atoms with Crippen molar-refractivity contribution in [2.24, 2.45) is 18.0 Å². The largest absolute Gasteiger partial charge is 0.593 e. The molecule has 1 fully saturated rings. The zero-order chi connectivity index (χ0) is 22.9. The van der Waals surface area contributed by atoms with Crippen LogP contribution in [0.5, 0.6) is 0 Å². The summed E-state index contributed by atoms with van der Waals surface area (Å²) in [5.41, 5.74) is 5.29. The lowest BCUT2D eigenvalue weighted by molar-refractivity contribution is 0.190. The number of ether oxygens (including phenoxy) is 1. The predicted octanol–water partition coefficient (Wildman–Crippen LogP) is 0.943. The molecule has 0 bridgehead atoms. The van der Waals surface area contributed by atoms with Crippen molar-refractivity contribution in [1.29, 1.82) is 0 Å². The first kappa shape index (κ1) is 22.2. The number of hydrazine groups is 1. The van der Waals surface area contributed by atoms with Gasteiger partial charge in [-0.3, -0.25) is 20.1 Å². The zero-order valence-electron chi connectivity index (χ0n) is 18.9. The summed E-state index contributed by atoms with van der Waals surface area (Å²) >= 11 is -1.19. The number of hydrogen-bond donors (Lipinski definition) is 3. The maximum atomic E-state index is 12.9. The van der Waals surface area contributed by atoms with Crippen molar-refractivity contribution < 1.29 is 9.29 Å². The molecule has 3 N–H and O–H groups in total. The highest BCUT2D eigenvalue weighted by molar-refractivity contribution is 7.89. The number of nitrogens with one attached hydrogen (secondary N) is 3. The molecule has 3 aliphatic rings. The topological polar surface area (TPSA) is 122 Å². The second-order valence-electron chi connectivity index (χ2n) is 8.36. The average molecular weight is 472 g/mol. The molecule has 4 atom stereocenters. The molecule has 0 saturated carbocycles. The van der Waals surface area contributed by atoms with Crippen LogP contribution < -0.4 is 10.7 Å². The third-order valence-electron chi connectivity index (χ3n) is 6.03. The fraction of sp³-hybridized carbons (Fsp3) is 0.476. The smallest absolute Gasteiger partial charge is 0.211 e. The number of allylic oxidation sites excluding steroid dienone is 2. The van der Waals surface area contributed by atoms with Crippen LogP contribution in [0.25, 0.3) is 5.57 Å². The Hall–Kier alpha value is -2.64. The van der Waals surface area contributed by atoms with Gasteiger partial charge in [0.15, 0.2) is 17.9 Å². The molecule has 0 amide bonds. The average Bonchev–Trinajstić information content (AvgIpc) is 3.56. The number of hydrogen-bond acceptors (Lipinski definition) is 9. The van der Waals surface area contributed by atoms with Gasteiger partial charge in [0.05, 0.1) is 30.4 Å². The molecule has 0 aromatic carbocycles. The minimum absolute atomic E-state index is 0.243. The first-order valence-electron chi connectivity index (χ1n) is 11.1. The normalized spacial score (nSPS) is 26.5. The third-order valence-corrected chi connectivity index (χ3v) is 7.45. The molecule has 2 aromatic rings. The van der Waals surface area contributed by atoms with Crippen LogP contribution in [0, 0.1) is 5.92 Å². The number of aryl methyl sites for hydroxylation is 1. The van der Waals surface area contributed by atoms with E-state index in [0.29, 0.717) is 12.5 Å². The molecule has 0 spiro atoms. The lowest BCUT2D eigenvalue weighted by atomic mass is 9.95. The molecule has 176 valence electrons. The maximum Gasteiger partial charge on any atom is 0.211 e. The zero-order valence-corrected chi connectivity index (χ0v) is 19.7. The second-order valence-corrected chi connectivity index (χ2v) is 9.84. The maximum absolute atomic E-state index is 12.9. The van der Waals surface area contributed by atoms with Crippen molar-refractivity contribution >= 4 is 22.8 Å². The number of piperidine rings is 1. The van der Waals surface area contributed by atoms with Gasteiger partial charge in [0.25, 0.3) is 0 Å². The van der Waals surface area contributed by atoms with Crippen molar-refractivity contribution in [2.75, 3.05) is 19.7 Å². The molecule has 5 rings (SSSR count). The summed E-state index contributed by atoms with van der Waals surface area (Å²) in [4.78, 5) is 5.62. The highest BCUT2D eigenvalue weighted by Gasteiger charge is 2.37. The molecular formula is C21H29N9O2S. The summed E-state index contributed by atoms with van der Waals surface area (Å²) in [6.45, 7) is 6.17. The lowest BCUT2D eigenvalue weighted by Gasteiger charge is -2.37. The molecule has 0 aliphatic carbocycles. The van der Waals surface area contributed by atoms with Crippen LogP contribution in [0.3, 0.4) is 0 Å². The van der Waals surface area contributed by atoms with Gasteiger partial charge in [-0.05, 0) is 25.3 Å². The summed E-state index contributed by atoms with van der Waals surface area (Å²) in [5, 5.41) is 16.6. The van der Waals surface area contributed by atoms with E-state index >= 15 is 0 Å². The minimum atomic E-state index is -1.19. The Balaban J connectivity index is 1.26. The van der Waals surface area contributed by atoms with Crippen LogP contribution in [0.15, 0.2) is 52.7 Å². The Morgan fingerprint density at radius 2 is 2.24 bits per heavy atom. The predicted molar refractivity (Wildman–Crippen MR) is 124 cm³/mol. The Morgan fingerprint density at radius 1 is 1.36 bits per heavy atom. The van der Waals surface area contributed by atoms with Gasteiger partial charge in [0, 0.05) is 49.7 Å². The van der Waals surface area contributed by atoms with Crippen LogP contribution in [0.1, 0.15) is 25.8 Å². The number of rotatable bonds is 7. The van der Waals surface area contributed by atoms with Crippen molar-refractivity contribution in [3.05, 3.63) is 48.4 Å². The third kappa shape index (κ3) is 4.44. The summed E-state index contributed by atoms with van der Waals surface area (Å²) in [5.74, 6) is 1.78. The highest BCUT2D eigenvalue weighted by atomic mass is 32.2. The summed E-state index contributed by atoms with van der Waals surface area (Å²) in [7, 11) is 1.84. The number of fused-ring (bicyclic) bond motifs is 1. The Bertz CT molecular complexity index is 1060. The number of H-pyrrole nitrogens is 1. The lowest BCUT2D eigenvalue weighted by Crippen LogP contribution is -2.55. The van der Waals surface area contributed by atoms with Crippen LogP contribution in [0.2, 0.25) is 0 Å². The van der Waals surface area contributed by atoms with E-state index in [1.807, 2.05) is 48.0 Å². The first-order chi connectivity index (χ1) is 16.0. The van der Waals surface area contributed by atoms with Gasteiger partial charge < -0.3 is 9.29 Å². The number of aromatic amines is 1. The van der Waals surface area contributed by atoms with E-state index in [-0.39, 0.29) is 12.3 Å². The van der Waals surface area contributed by atoms with Crippen LogP contribution in [-0.4, -0.2) is 71.7 Å². The first-order valence-corrected chi connectivity index (χ1v) is 12.2. The second kappa shape index (κ2) is 9.31. The van der Waals surface area contributed by atoms with Crippen LogP contribution in [-0.2, 0) is 23.1 Å². The fourth-order valence-corrected chi connectivity index (χ4v) is 5.69. The van der Waals surface area contributed by atoms with Gasteiger partial charge in [0.1, 0.15) is 6.20 Å². The molecular weight excluding hydrogens is 442 g/mol. The van der Waals surface area contributed by atoms with Crippen molar-refractivity contribution in [1.82, 2.24) is 40.0 Å². The number of amidine groups is 1. The number of nitrogens with zero attached hydrogens (tertiary/aromatic N) is 6. The molecule has 5 heterocycles. The molecule has 3 aliphatic heterocycles. The molecule has 2 aromatic heterocycles. The van der Waals surface area contributed by atoms with Gasteiger partial charge in [-0.1, -0.05) is 6.92 Å². The van der Waals surface area contributed by atoms with Gasteiger partial charge in [-0.25, -0.2) is 4.99 Å². The molecule has 33 heavy (non-hydrogen) atoms. The fourth-order valence-electron chi connectivity index (χ4n) is 4.37. The Labute approximate surface area is 195 Å². The van der Waals surface area contributed by atoms with Crippen molar-refractivity contribution in [3.63, 3.8) is 0 Å². The molecule has 0 radical (unpaired) electrons.